The fraction of sp³-hybridized carbons (Fsp3) is 0.750. The van der Waals surface area contributed by atoms with E-state index in [1.807, 2.05) is 0 Å². The minimum atomic E-state index is -3.12. The van der Waals surface area contributed by atoms with Gasteiger partial charge < -0.3 is 30.1 Å². The Balaban J connectivity index is 3.66. The number of aliphatic hydroxyl groups is 3. The van der Waals surface area contributed by atoms with Crippen molar-refractivity contribution in [1.29, 1.82) is 0 Å². The van der Waals surface area contributed by atoms with Gasteiger partial charge in [0.2, 0.25) is 5.91 Å². The average molecular weight is 416 g/mol. The van der Waals surface area contributed by atoms with Crippen molar-refractivity contribution >= 4 is 23.3 Å². The molecule has 0 spiro atoms. The van der Waals surface area contributed by atoms with Crippen molar-refractivity contribution < 1.29 is 44.0 Å². The van der Waals surface area contributed by atoms with E-state index in [0.717, 1.165) is 20.8 Å². The van der Waals surface area contributed by atoms with E-state index in [-0.39, 0.29) is 6.61 Å². The summed E-state index contributed by atoms with van der Waals surface area (Å²) in [4.78, 5) is 51.0. The van der Waals surface area contributed by atoms with E-state index in [2.05, 4.69) is 15.3 Å². The molecule has 2 unspecified atom stereocenters. The lowest BCUT2D eigenvalue weighted by atomic mass is 9.66. The van der Waals surface area contributed by atoms with Crippen LogP contribution in [0.1, 0.15) is 27.7 Å². The fourth-order valence-corrected chi connectivity index (χ4v) is 3.23. The van der Waals surface area contributed by atoms with E-state index in [1.54, 1.807) is 0 Å². The summed E-state index contributed by atoms with van der Waals surface area (Å²) in [5, 5.41) is 37.8. The third kappa shape index (κ3) is 4.29. The zero-order valence-corrected chi connectivity index (χ0v) is 16.4. The summed E-state index contributed by atoms with van der Waals surface area (Å²) in [6, 6.07) is -1.84. The van der Waals surface area contributed by atoms with Crippen molar-refractivity contribution in [2.45, 2.75) is 63.4 Å². The number of aliphatic hydroxyl groups excluding tert-OH is 1. The number of hydrogen-bond acceptors (Lipinski definition) is 10. The Morgan fingerprint density at radius 3 is 2.17 bits per heavy atom. The lowest BCUT2D eigenvalue weighted by Crippen LogP contribution is -2.83. The molecule has 0 aromatic carbocycles. The summed E-state index contributed by atoms with van der Waals surface area (Å²) < 4.78 is 10.7. The maximum absolute atomic E-state index is 12.5. The molecule has 1 aliphatic rings. The molecule has 0 aromatic rings. The van der Waals surface area contributed by atoms with Crippen LogP contribution >= 0.6 is 0 Å². The lowest BCUT2D eigenvalue weighted by Gasteiger charge is -2.55. The van der Waals surface area contributed by atoms with Crippen LogP contribution in [-0.4, -0.2) is 87.5 Å². The van der Waals surface area contributed by atoms with E-state index in [9.17, 15) is 34.5 Å². The summed E-state index contributed by atoms with van der Waals surface area (Å²) in [7, 11) is 0. The van der Waals surface area contributed by atoms with Crippen LogP contribution in [0.25, 0.3) is 10.4 Å². The Labute approximate surface area is 165 Å². The molecule has 6 atom stereocenters. The van der Waals surface area contributed by atoms with Crippen molar-refractivity contribution in [3.05, 3.63) is 10.4 Å². The summed E-state index contributed by atoms with van der Waals surface area (Å²) in [5.41, 5.74) is 2.16. The standard InChI is InChI=1S/C16H24N4O9/c1-5-28-14-12(19-10(24)6-18-20-17)15(26,8(3)22)16(27,9(4)23)13(29-14)11(25)7(2)21/h11-14,25-27H,5-6H2,1-4H3,(H,19,24)/t11?,12-,13+,14?,15+,16-/m0/s1. The zero-order valence-electron chi connectivity index (χ0n) is 16.4. The molecule has 1 amide bonds. The Kier molecular flexibility index (Phi) is 7.98. The normalized spacial score (nSPS) is 32.6. The number of nitrogens with one attached hydrogen (secondary N) is 1. The smallest absolute Gasteiger partial charge is 0.226 e. The number of carbonyl (C=O) groups excluding carboxylic acids is 4. The van der Waals surface area contributed by atoms with Gasteiger partial charge >= 0.3 is 0 Å². The number of ether oxygens (including phenoxy) is 2. The second kappa shape index (κ2) is 9.39. The quantitative estimate of drug-likeness (QED) is 0.188. The first-order chi connectivity index (χ1) is 13.4. The summed E-state index contributed by atoms with van der Waals surface area (Å²) in [6.45, 7) is 3.33. The van der Waals surface area contributed by atoms with Gasteiger partial charge in [-0.25, -0.2) is 0 Å². The lowest BCUT2D eigenvalue weighted by molar-refractivity contribution is -0.322. The molecule has 0 bridgehead atoms. The van der Waals surface area contributed by atoms with Crippen LogP contribution in [0.3, 0.4) is 0 Å². The predicted molar refractivity (Wildman–Crippen MR) is 94.2 cm³/mol. The van der Waals surface area contributed by atoms with Gasteiger partial charge in [-0.15, -0.1) is 0 Å². The number of carbonyl (C=O) groups is 4. The SMILES string of the molecule is CCOC1O[C@H](C(O)C(C)=O)[C@@](O)(C(C)=O)[C@@](O)(C(C)=O)[C@H]1NC(=O)CN=[N+]=[N-]. The molecule has 0 aliphatic carbocycles. The van der Waals surface area contributed by atoms with Gasteiger partial charge in [0, 0.05) is 11.5 Å². The Hall–Kier alpha value is -2.41. The molecular weight excluding hydrogens is 392 g/mol. The number of amides is 1. The summed E-state index contributed by atoms with van der Waals surface area (Å²) in [6.07, 6.45) is -5.83. The molecule has 13 heteroatoms. The zero-order chi connectivity index (χ0) is 22.6. The number of hydrogen-bond donors (Lipinski definition) is 4. The second-order valence-electron chi connectivity index (χ2n) is 6.52. The van der Waals surface area contributed by atoms with Gasteiger partial charge in [0.1, 0.15) is 24.8 Å². The highest BCUT2D eigenvalue weighted by molar-refractivity contribution is 6.00. The highest BCUT2D eigenvalue weighted by Gasteiger charge is 2.72. The van der Waals surface area contributed by atoms with Gasteiger partial charge in [-0.3, -0.25) is 19.2 Å². The Morgan fingerprint density at radius 1 is 1.21 bits per heavy atom. The van der Waals surface area contributed by atoms with Crippen LogP contribution in [0.5, 0.6) is 0 Å². The van der Waals surface area contributed by atoms with Crippen LogP contribution in [0.4, 0.5) is 0 Å². The van der Waals surface area contributed by atoms with Crippen molar-refractivity contribution in [2.24, 2.45) is 5.11 Å². The molecule has 4 N–H and O–H groups in total. The van der Waals surface area contributed by atoms with Crippen molar-refractivity contribution in [2.75, 3.05) is 13.2 Å². The molecule has 1 heterocycles. The number of rotatable bonds is 9. The molecule has 29 heavy (non-hydrogen) atoms. The van der Waals surface area contributed by atoms with E-state index in [0.29, 0.717) is 0 Å². The van der Waals surface area contributed by atoms with Crippen molar-refractivity contribution in [1.82, 2.24) is 5.32 Å². The monoisotopic (exact) mass is 416 g/mol. The molecule has 1 fully saturated rings. The molecule has 0 saturated carbocycles. The van der Waals surface area contributed by atoms with Gasteiger partial charge in [-0.05, 0) is 33.2 Å². The van der Waals surface area contributed by atoms with E-state index < -0.39 is 65.5 Å². The number of nitrogens with zero attached hydrogens (tertiary/aromatic N) is 3. The maximum atomic E-state index is 12.5. The Morgan fingerprint density at radius 2 is 1.76 bits per heavy atom. The fourth-order valence-electron chi connectivity index (χ4n) is 3.23. The predicted octanol–water partition coefficient (Wildman–Crippen LogP) is -1.87. The van der Waals surface area contributed by atoms with Gasteiger partial charge in [-0.1, -0.05) is 5.11 Å². The van der Waals surface area contributed by atoms with Gasteiger partial charge in [0.25, 0.3) is 0 Å². The van der Waals surface area contributed by atoms with Crippen LogP contribution < -0.4 is 5.32 Å². The number of Topliss-reactive ketones (excluding diaryl/α,β-unsaturated/α-hetero) is 3. The molecule has 1 saturated heterocycles. The minimum absolute atomic E-state index is 0.0667. The molecule has 162 valence electrons. The van der Waals surface area contributed by atoms with E-state index in [4.69, 9.17) is 15.0 Å². The second-order valence-corrected chi connectivity index (χ2v) is 6.52. The molecule has 0 aromatic heterocycles. The van der Waals surface area contributed by atoms with Crippen molar-refractivity contribution in [3.8, 4) is 0 Å². The van der Waals surface area contributed by atoms with Crippen molar-refractivity contribution in [3.63, 3.8) is 0 Å². The summed E-state index contributed by atoms with van der Waals surface area (Å²) in [5.74, 6) is -4.26. The first kappa shape index (κ1) is 24.6. The molecule has 0 radical (unpaired) electrons. The molecule has 1 rings (SSSR count). The minimum Gasteiger partial charge on any atom is -0.382 e. The van der Waals surface area contributed by atoms with Gasteiger partial charge in [0.05, 0.1) is 0 Å². The van der Waals surface area contributed by atoms with Crippen LogP contribution in [0.2, 0.25) is 0 Å². The Bertz CT molecular complexity index is 738. The van der Waals surface area contributed by atoms with E-state index in [1.165, 1.54) is 6.92 Å². The first-order valence-corrected chi connectivity index (χ1v) is 8.62. The summed E-state index contributed by atoms with van der Waals surface area (Å²) >= 11 is 0. The van der Waals surface area contributed by atoms with E-state index >= 15 is 0 Å². The van der Waals surface area contributed by atoms with Gasteiger partial charge in [0.15, 0.2) is 34.8 Å². The van der Waals surface area contributed by atoms with Crippen LogP contribution in [0.15, 0.2) is 5.11 Å². The third-order valence-corrected chi connectivity index (χ3v) is 4.70. The first-order valence-electron chi connectivity index (χ1n) is 8.62. The number of azide groups is 1. The number of ketones is 3. The maximum Gasteiger partial charge on any atom is 0.226 e. The molecule has 1 aliphatic heterocycles. The van der Waals surface area contributed by atoms with Crippen LogP contribution in [0, 0.1) is 0 Å². The molecule has 13 nitrogen and oxygen atoms in total. The van der Waals surface area contributed by atoms with Gasteiger partial charge in [-0.2, -0.15) is 0 Å². The topological polar surface area (TPSA) is 208 Å². The largest absolute Gasteiger partial charge is 0.382 e. The molecular formula is C16H24N4O9. The van der Waals surface area contributed by atoms with Crippen LogP contribution in [-0.2, 0) is 28.7 Å². The third-order valence-electron chi connectivity index (χ3n) is 4.70. The highest BCUT2D eigenvalue weighted by atomic mass is 16.7. The average Bonchev–Trinajstić information content (AvgIpc) is 2.64. The highest BCUT2D eigenvalue weighted by Crippen LogP contribution is 2.41.